The highest BCUT2D eigenvalue weighted by molar-refractivity contribution is 7.18. The fraction of sp³-hybridized carbons (Fsp3) is 0.556. The zero-order valence-corrected chi connectivity index (χ0v) is 14.6. The van der Waals surface area contributed by atoms with Crippen molar-refractivity contribution in [3.8, 4) is 10.6 Å². The first-order valence-corrected chi connectivity index (χ1v) is 9.70. The van der Waals surface area contributed by atoms with Crippen LogP contribution >= 0.6 is 11.3 Å². The number of hydrogen-bond donors (Lipinski definition) is 0. The number of benzene rings is 1. The number of rotatable bonds is 3. The second-order valence-corrected chi connectivity index (χ2v) is 7.64. The van der Waals surface area contributed by atoms with Crippen molar-refractivity contribution in [1.29, 1.82) is 0 Å². The first kappa shape index (κ1) is 16.0. The van der Waals surface area contributed by atoms with Crippen molar-refractivity contribution in [1.82, 2.24) is 15.1 Å². The quantitative estimate of drug-likeness (QED) is 0.846. The molecule has 1 aromatic carbocycles. The number of halogens is 1. The lowest BCUT2D eigenvalue weighted by molar-refractivity contribution is 0.141. The molecule has 24 heavy (non-hydrogen) atoms. The number of aromatic nitrogens is 2. The molecule has 0 amide bonds. The van der Waals surface area contributed by atoms with Gasteiger partial charge < -0.3 is 9.80 Å². The van der Waals surface area contributed by atoms with Crippen molar-refractivity contribution in [2.24, 2.45) is 0 Å². The number of anilines is 1. The molecular weight excluding hydrogens is 323 g/mol. The molecule has 1 aromatic heterocycles. The third-order valence-electron chi connectivity index (χ3n) is 5.16. The fourth-order valence-electron chi connectivity index (χ4n) is 3.79. The molecule has 2 saturated heterocycles. The summed E-state index contributed by atoms with van der Waals surface area (Å²) in [7, 11) is 0. The maximum Gasteiger partial charge on any atom is 0.208 e. The summed E-state index contributed by atoms with van der Waals surface area (Å²) < 4.78 is 13.9. The Kier molecular flexibility index (Phi) is 4.76. The second-order valence-electron chi connectivity index (χ2n) is 6.68. The monoisotopic (exact) mass is 346 g/mol. The van der Waals surface area contributed by atoms with E-state index in [0.29, 0.717) is 10.6 Å². The van der Waals surface area contributed by atoms with E-state index in [9.17, 15) is 4.39 Å². The van der Waals surface area contributed by atoms with Crippen LogP contribution in [0.2, 0.25) is 0 Å². The summed E-state index contributed by atoms with van der Waals surface area (Å²) in [6, 6.07) is 7.50. The summed E-state index contributed by atoms with van der Waals surface area (Å²) in [5.41, 5.74) is 0.546. The SMILES string of the molecule is Fc1ccccc1-c1nnc(N2CCC(N3CCCCC3)CC2)s1. The van der Waals surface area contributed by atoms with Crippen molar-refractivity contribution in [3.63, 3.8) is 0 Å². The zero-order valence-electron chi connectivity index (χ0n) is 13.8. The van der Waals surface area contributed by atoms with Crippen LogP contribution in [-0.4, -0.2) is 47.3 Å². The third kappa shape index (κ3) is 3.30. The molecule has 0 radical (unpaired) electrons. The highest BCUT2D eigenvalue weighted by Crippen LogP contribution is 2.32. The van der Waals surface area contributed by atoms with Gasteiger partial charge in [0, 0.05) is 24.7 Å². The molecule has 4 nitrogen and oxygen atoms in total. The van der Waals surface area contributed by atoms with Gasteiger partial charge in [0.2, 0.25) is 5.13 Å². The minimum absolute atomic E-state index is 0.232. The molecule has 2 aliphatic heterocycles. The molecular formula is C18H23FN4S. The molecule has 2 aliphatic rings. The van der Waals surface area contributed by atoms with E-state index < -0.39 is 0 Å². The highest BCUT2D eigenvalue weighted by atomic mass is 32.1. The number of piperidine rings is 2. The summed E-state index contributed by atoms with van der Waals surface area (Å²) in [6.45, 7) is 4.57. The largest absolute Gasteiger partial charge is 0.347 e. The van der Waals surface area contributed by atoms with Crippen LogP contribution in [0.3, 0.4) is 0 Å². The van der Waals surface area contributed by atoms with Gasteiger partial charge in [0.25, 0.3) is 0 Å². The van der Waals surface area contributed by atoms with E-state index in [-0.39, 0.29) is 5.82 Å². The lowest BCUT2D eigenvalue weighted by Gasteiger charge is -2.40. The predicted molar refractivity (Wildman–Crippen MR) is 96.0 cm³/mol. The molecule has 128 valence electrons. The van der Waals surface area contributed by atoms with Crippen LogP contribution in [0.4, 0.5) is 9.52 Å². The van der Waals surface area contributed by atoms with Crippen LogP contribution in [0, 0.1) is 5.82 Å². The van der Waals surface area contributed by atoms with Crippen molar-refractivity contribution < 1.29 is 4.39 Å². The van der Waals surface area contributed by atoms with Gasteiger partial charge in [-0.3, -0.25) is 0 Å². The molecule has 0 aliphatic carbocycles. The van der Waals surface area contributed by atoms with Crippen molar-refractivity contribution in [2.45, 2.75) is 38.1 Å². The van der Waals surface area contributed by atoms with Crippen LogP contribution in [0.15, 0.2) is 24.3 Å². The number of likely N-dealkylation sites (tertiary alicyclic amines) is 1. The Morgan fingerprint density at radius 2 is 1.71 bits per heavy atom. The molecule has 4 rings (SSSR count). The van der Waals surface area contributed by atoms with Gasteiger partial charge in [0.1, 0.15) is 5.82 Å². The third-order valence-corrected chi connectivity index (χ3v) is 6.18. The average molecular weight is 346 g/mol. The van der Waals surface area contributed by atoms with Crippen LogP contribution in [-0.2, 0) is 0 Å². The summed E-state index contributed by atoms with van der Waals surface area (Å²) in [5.74, 6) is -0.232. The summed E-state index contributed by atoms with van der Waals surface area (Å²) in [5, 5.41) is 10.1. The molecule has 0 unspecified atom stereocenters. The van der Waals surface area contributed by atoms with E-state index in [0.717, 1.165) is 24.3 Å². The molecule has 2 aromatic rings. The van der Waals surface area contributed by atoms with Gasteiger partial charge in [-0.2, -0.15) is 0 Å². The van der Waals surface area contributed by atoms with Crippen LogP contribution in [0.25, 0.3) is 10.6 Å². The lowest BCUT2D eigenvalue weighted by Crippen LogP contribution is -2.46. The topological polar surface area (TPSA) is 32.3 Å². The standard InChI is InChI=1S/C18H23FN4S/c19-16-7-3-2-6-15(16)17-20-21-18(24-17)23-12-8-14(9-13-23)22-10-4-1-5-11-22/h2-3,6-7,14H,1,4-5,8-13H2. The van der Waals surface area contributed by atoms with Crippen LogP contribution in [0.5, 0.6) is 0 Å². The van der Waals surface area contributed by atoms with Gasteiger partial charge in [-0.1, -0.05) is 29.9 Å². The second kappa shape index (κ2) is 7.15. The number of nitrogens with zero attached hydrogens (tertiary/aromatic N) is 4. The summed E-state index contributed by atoms with van der Waals surface area (Å²) >= 11 is 1.49. The average Bonchev–Trinajstić information content (AvgIpc) is 3.13. The van der Waals surface area contributed by atoms with E-state index >= 15 is 0 Å². The van der Waals surface area contributed by atoms with E-state index in [1.54, 1.807) is 12.1 Å². The first-order valence-electron chi connectivity index (χ1n) is 8.89. The van der Waals surface area contributed by atoms with Crippen molar-refractivity contribution in [3.05, 3.63) is 30.1 Å². The molecule has 3 heterocycles. The van der Waals surface area contributed by atoms with Gasteiger partial charge in [-0.05, 0) is 50.9 Å². The maximum atomic E-state index is 13.9. The van der Waals surface area contributed by atoms with Crippen LogP contribution < -0.4 is 4.90 Å². The molecule has 0 N–H and O–H groups in total. The number of hydrogen-bond acceptors (Lipinski definition) is 5. The zero-order chi connectivity index (χ0) is 16.4. The van der Waals surface area contributed by atoms with Gasteiger partial charge in [-0.25, -0.2) is 4.39 Å². The Morgan fingerprint density at radius 1 is 0.958 bits per heavy atom. The Balaban J connectivity index is 1.40. The molecule has 0 saturated carbocycles. The lowest BCUT2D eigenvalue weighted by atomic mass is 10.0. The molecule has 0 spiro atoms. The van der Waals surface area contributed by atoms with E-state index in [4.69, 9.17) is 0 Å². The Labute approximate surface area is 146 Å². The maximum absolute atomic E-state index is 13.9. The molecule has 2 fully saturated rings. The van der Waals surface area contributed by atoms with Crippen molar-refractivity contribution >= 4 is 16.5 Å². The van der Waals surface area contributed by atoms with E-state index in [1.165, 1.54) is 62.6 Å². The minimum Gasteiger partial charge on any atom is -0.347 e. The normalized spacial score (nSPS) is 20.5. The fourth-order valence-corrected chi connectivity index (χ4v) is 4.72. The van der Waals surface area contributed by atoms with Gasteiger partial charge in [0.15, 0.2) is 5.01 Å². The highest BCUT2D eigenvalue weighted by Gasteiger charge is 2.27. The first-order chi connectivity index (χ1) is 11.8. The van der Waals surface area contributed by atoms with Crippen molar-refractivity contribution in [2.75, 3.05) is 31.1 Å². The summed E-state index contributed by atoms with van der Waals surface area (Å²) in [6.07, 6.45) is 6.47. The van der Waals surface area contributed by atoms with Gasteiger partial charge in [0.05, 0.1) is 0 Å². The molecule has 0 atom stereocenters. The molecule has 0 bridgehead atoms. The summed E-state index contributed by atoms with van der Waals surface area (Å²) in [4.78, 5) is 4.98. The van der Waals surface area contributed by atoms with E-state index in [1.807, 2.05) is 6.07 Å². The van der Waals surface area contributed by atoms with Crippen LogP contribution in [0.1, 0.15) is 32.1 Å². The Hall–Kier alpha value is -1.53. The Morgan fingerprint density at radius 3 is 2.46 bits per heavy atom. The van der Waals surface area contributed by atoms with E-state index in [2.05, 4.69) is 20.0 Å². The van der Waals surface area contributed by atoms with Gasteiger partial charge in [-0.15, -0.1) is 10.2 Å². The van der Waals surface area contributed by atoms with Gasteiger partial charge >= 0.3 is 0 Å². The smallest absolute Gasteiger partial charge is 0.208 e. The Bertz CT molecular complexity index is 675. The minimum atomic E-state index is -0.232. The predicted octanol–water partition coefficient (Wildman–Crippen LogP) is 3.80. The molecule has 6 heteroatoms.